The molecule has 1 saturated heterocycles. The van der Waals surface area contributed by atoms with Gasteiger partial charge in [-0.15, -0.1) is 6.58 Å². The van der Waals surface area contributed by atoms with Crippen LogP contribution in [0.25, 0.3) is 10.8 Å². The zero-order valence-corrected chi connectivity index (χ0v) is 25.6. The molecule has 43 heavy (non-hydrogen) atoms. The van der Waals surface area contributed by atoms with Crippen molar-refractivity contribution in [2.24, 2.45) is 5.73 Å². The number of carbonyl (C=O) groups excluding carboxylic acids is 3. The number of ether oxygens (including phenoxy) is 1. The fourth-order valence-electron chi connectivity index (χ4n) is 5.42. The minimum absolute atomic E-state index is 0.0282. The molecular formula is C31H43N5O6S. The summed E-state index contributed by atoms with van der Waals surface area (Å²) in [7, 11) is -3.78. The van der Waals surface area contributed by atoms with E-state index >= 15 is 0 Å². The number of nitrogens with one attached hydrogen (secondary N) is 2. The lowest BCUT2D eigenvalue weighted by molar-refractivity contribution is -0.138. The Kier molecular flexibility index (Phi) is 11.1. The summed E-state index contributed by atoms with van der Waals surface area (Å²) in [5.41, 5.74) is 6.77. The zero-order chi connectivity index (χ0) is 31.0. The van der Waals surface area contributed by atoms with E-state index in [2.05, 4.69) is 39.8 Å². The molecule has 0 radical (unpaired) electrons. The number of sulfonamides is 1. The molecule has 1 unspecified atom stereocenters. The molecule has 1 saturated carbocycles. The molecule has 4 rings (SSSR count). The molecule has 11 nitrogen and oxygen atoms in total. The van der Waals surface area contributed by atoms with E-state index in [-0.39, 0.29) is 25.3 Å². The maximum Gasteiger partial charge on any atom is 0.256 e. The standard InChI is InChI=1S/C31H43N5O6S/c1-3-9-27(29(38)35-43(40,41)25-13-14-25)34-30(39)28-19-24(20-36(28)21(2)37)42-31-26-18-22(10-7-5-4-6-8-16-32)11-12-23(26)15-17-33-31/h3,11-12,15,17-18,24-25,27-28H,1,4-10,13-14,16,19-20,32H2,2H3,(H,34,39)(H,35,38)/t24-,27?,28+/m1/s1. The molecule has 2 fully saturated rings. The van der Waals surface area contributed by atoms with Crippen molar-refractivity contribution in [2.45, 2.75) is 94.6 Å². The van der Waals surface area contributed by atoms with Crippen LogP contribution < -0.4 is 20.5 Å². The Labute approximate surface area is 253 Å². The van der Waals surface area contributed by atoms with Gasteiger partial charge in [-0.25, -0.2) is 13.4 Å². The maximum atomic E-state index is 13.4. The van der Waals surface area contributed by atoms with E-state index in [1.54, 1.807) is 6.20 Å². The smallest absolute Gasteiger partial charge is 0.256 e. The SMILES string of the molecule is C=CCC(NC(=O)[C@@H]1C[C@@H](Oc2nccc3ccc(CCCCCCCN)cc23)CN1C(C)=O)C(=O)NS(=O)(=O)C1CC1. The first-order valence-corrected chi connectivity index (χ1v) is 16.7. The minimum Gasteiger partial charge on any atom is -0.472 e. The summed E-state index contributed by atoms with van der Waals surface area (Å²) in [6.45, 7) is 5.89. The van der Waals surface area contributed by atoms with Gasteiger partial charge in [-0.2, -0.15) is 0 Å². The molecule has 3 amide bonds. The number of nitrogens with zero attached hydrogens (tertiary/aromatic N) is 2. The summed E-state index contributed by atoms with van der Waals surface area (Å²) in [5, 5.41) is 3.89. The molecule has 0 bridgehead atoms. The highest BCUT2D eigenvalue weighted by atomic mass is 32.2. The third-order valence-electron chi connectivity index (χ3n) is 7.95. The maximum absolute atomic E-state index is 13.4. The van der Waals surface area contributed by atoms with E-state index in [4.69, 9.17) is 10.5 Å². The van der Waals surface area contributed by atoms with E-state index < -0.39 is 45.3 Å². The van der Waals surface area contributed by atoms with E-state index in [0.29, 0.717) is 18.7 Å². The number of benzene rings is 1. The molecule has 12 heteroatoms. The van der Waals surface area contributed by atoms with Crippen molar-refractivity contribution in [3.05, 3.63) is 48.7 Å². The average molecular weight is 614 g/mol. The molecule has 2 aromatic rings. The second-order valence-corrected chi connectivity index (χ2v) is 13.4. The van der Waals surface area contributed by atoms with Crippen LogP contribution in [0.4, 0.5) is 0 Å². The third kappa shape index (κ3) is 8.76. The highest BCUT2D eigenvalue weighted by molar-refractivity contribution is 7.90. The lowest BCUT2D eigenvalue weighted by Crippen LogP contribution is -2.53. The van der Waals surface area contributed by atoms with Gasteiger partial charge in [0.25, 0.3) is 5.91 Å². The lowest BCUT2D eigenvalue weighted by Gasteiger charge is -2.24. The predicted molar refractivity (Wildman–Crippen MR) is 165 cm³/mol. The zero-order valence-electron chi connectivity index (χ0n) is 24.8. The third-order valence-corrected chi connectivity index (χ3v) is 9.79. The number of nitrogens with two attached hydrogens (primary N) is 1. The Morgan fingerprint density at radius 2 is 1.91 bits per heavy atom. The Morgan fingerprint density at radius 3 is 2.60 bits per heavy atom. The number of carbonyl (C=O) groups is 3. The number of hydrogen-bond acceptors (Lipinski definition) is 8. The molecule has 1 aliphatic carbocycles. The van der Waals surface area contributed by atoms with Crippen LogP contribution >= 0.6 is 0 Å². The number of aromatic nitrogens is 1. The first kappa shape index (κ1) is 32.4. The van der Waals surface area contributed by atoms with Gasteiger partial charge in [0.1, 0.15) is 18.2 Å². The summed E-state index contributed by atoms with van der Waals surface area (Å²) < 4.78 is 32.9. The summed E-state index contributed by atoms with van der Waals surface area (Å²) in [5.74, 6) is -1.27. The van der Waals surface area contributed by atoms with Gasteiger partial charge < -0.3 is 20.7 Å². The fraction of sp³-hybridized carbons (Fsp3) is 0.548. The molecule has 1 aromatic carbocycles. The summed E-state index contributed by atoms with van der Waals surface area (Å²) in [6, 6.07) is 6.13. The second kappa shape index (κ2) is 14.8. The molecule has 2 heterocycles. The van der Waals surface area contributed by atoms with Crippen LogP contribution in [0.1, 0.15) is 70.3 Å². The van der Waals surface area contributed by atoms with E-state index in [9.17, 15) is 22.8 Å². The van der Waals surface area contributed by atoms with Crippen LogP contribution in [0, 0.1) is 0 Å². The number of fused-ring (bicyclic) bond motifs is 1. The second-order valence-electron chi connectivity index (χ2n) is 11.4. The molecule has 0 spiro atoms. The molecule has 3 atom stereocenters. The van der Waals surface area contributed by atoms with Gasteiger partial charge in [-0.3, -0.25) is 19.1 Å². The highest BCUT2D eigenvalue weighted by Gasteiger charge is 2.42. The Morgan fingerprint density at radius 1 is 1.16 bits per heavy atom. The number of unbranched alkanes of at least 4 members (excludes halogenated alkanes) is 4. The van der Waals surface area contributed by atoms with Gasteiger partial charge in [-0.05, 0) is 68.2 Å². The van der Waals surface area contributed by atoms with Crippen molar-refractivity contribution in [3.8, 4) is 5.88 Å². The number of aryl methyl sites for hydroxylation is 1. The topological polar surface area (TPSA) is 161 Å². The average Bonchev–Trinajstić information content (AvgIpc) is 3.75. The monoisotopic (exact) mass is 613 g/mol. The van der Waals surface area contributed by atoms with Crippen LogP contribution in [0.5, 0.6) is 5.88 Å². The largest absolute Gasteiger partial charge is 0.472 e. The normalized spacial score (nSPS) is 19.2. The summed E-state index contributed by atoms with van der Waals surface area (Å²) in [4.78, 5) is 44.5. The minimum atomic E-state index is -3.78. The van der Waals surface area contributed by atoms with Crippen molar-refractivity contribution in [3.63, 3.8) is 0 Å². The number of amides is 3. The molecule has 234 valence electrons. The van der Waals surface area contributed by atoms with Gasteiger partial charge in [-0.1, -0.05) is 37.5 Å². The first-order valence-electron chi connectivity index (χ1n) is 15.1. The van der Waals surface area contributed by atoms with Crippen LogP contribution in [-0.2, 0) is 30.8 Å². The summed E-state index contributed by atoms with van der Waals surface area (Å²) >= 11 is 0. The Balaban J connectivity index is 1.42. The Hall–Kier alpha value is -3.51. The van der Waals surface area contributed by atoms with Gasteiger partial charge in [0.2, 0.25) is 27.7 Å². The van der Waals surface area contributed by atoms with Gasteiger partial charge in [0.05, 0.1) is 11.8 Å². The highest BCUT2D eigenvalue weighted by Crippen LogP contribution is 2.30. The fourth-order valence-corrected chi connectivity index (χ4v) is 6.76. The van der Waals surface area contributed by atoms with Crippen molar-refractivity contribution < 1.29 is 27.5 Å². The molecule has 1 aromatic heterocycles. The molecular weight excluding hydrogens is 570 g/mol. The summed E-state index contributed by atoms with van der Waals surface area (Å²) in [6.07, 6.45) is 10.4. The van der Waals surface area contributed by atoms with Crippen molar-refractivity contribution in [1.29, 1.82) is 0 Å². The van der Waals surface area contributed by atoms with Crippen molar-refractivity contribution >= 4 is 38.5 Å². The van der Waals surface area contributed by atoms with Gasteiger partial charge in [0.15, 0.2) is 0 Å². The van der Waals surface area contributed by atoms with Gasteiger partial charge >= 0.3 is 0 Å². The van der Waals surface area contributed by atoms with E-state index in [1.165, 1.54) is 29.9 Å². The predicted octanol–water partition coefficient (Wildman–Crippen LogP) is 2.72. The number of pyridine rings is 1. The van der Waals surface area contributed by atoms with Crippen molar-refractivity contribution in [1.82, 2.24) is 19.9 Å². The van der Waals surface area contributed by atoms with Crippen molar-refractivity contribution in [2.75, 3.05) is 13.1 Å². The lowest BCUT2D eigenvalue weighted by atomic mass is 10.0. The quantitative estimate of drug-likeness (QED) is 0.192. The first-order chi connectivity index (χ1) is 20.6. The molecule has 4 N–H and O–H groups in total. The van der Waals surface area contributed by atoms with Crippen LogP contribution in [-0.4, -0.2) is 72.6 Å². The van der Waals surface area contributed by atoms with Crippen LogP contribution in [0.15, 0.2) is 43.1 Å². The molecule has 1 aliphatic heterocycles. The van der Waals surface area contributed by atoms with E-state index in [0.717, 1.165) is 49.4 Å². The Bertz CT molecular complexity index is 1430. The van der Waals surface area contributed by atoms with Gasteiger partial charge in [0, 0.05) is 24.9 Å². The number of likely N-dealkylation sites (tertiary alicyclic amines) is 1. The van der Waals surface area contributed by atoms with E-state index in [1.807, 2.05) is 6.07 Å². The number of hydrogen-bond donors (Lipinski definition) is 3. The van der Waals surface area contributed by atoms with Crippen LogP contribution in [0.2, 0.25) is 0 Å². The number of rotatable bonds is 16. The van der Waals surface area contributed by atoms with Crippen LogP contribution in [0.3, 0.4) is 0 Å². The molecule has 2 aliphatic rings.